The van der Waals surface area contributed by atoms with Gasteiger partial charge >= 0.3 is 10.2 Å². The third-order valence-corrected chi connectivity index (χ3v) is 4.40. The molecule has 0 bridgehead atoms. The highest BCUT2D eigenvalue weighted by Gasteiger charge is 2.13. The van der Waals surface area contributed by atoms with Crippen molar-refractivity contribution in [1.82, 2.24) is 4.31 Å². The van der Waals surface area contributed by atoms with E-state index in [1.165, 1.54) is 14.1 Å². The van der Waals surface area contributed by atoms with Crippen molar-refractivity contribution in [2.45, 2.75) is 26.7 Å². The van der Waals surface area contributed by atoms with Gasteiger partial charge in [-0.2, -0.15) is 12.7 Å². The van der Waals surface area contributed by atoms with Crippen LogP contribution in [0.1, 0.15) is 26.7 Å². The van der Waals surface area contributed by atoms with Crippen LogP contribution in [-0.4, -0.2) is 39.9 Å². The maximum atomic E-state index is 11.7. The highest BCUT2D eigenvalue weighted by molar-refractivity contribution is 7.90. The number of benzene rings is 1. The molecule has 0 spiro atoms. The lowest BCUT2D eigenvalue weighted by atomic mass is 10.2. The Morgan fingerprint density at radius 1 is 1.00 bits per heavy atom. The van der Waals surface area contributed by atoms with Gasteiger partial charge in [-0.3, -0.25) is 4.72 Å². The molecule has 0 unspecified atom stereocenters. The normalized spacial score (nSPS) is 11.7. The third-order valence-electron chi connectivity index (χ3n) is 2.95. The van der Waals surface area contributed by atoms with E-state index in [1.807, 2.05) is 12.1 Å². The first-order valence-electron chi connectivity index (χ1n) is 6.96. The molecule has 0 atom stereocenters. The van der Waals surface area contributed by atoms with Gasteiger partial charge < -0.3 is 4.90 Å². The zero-order valence-corrected chi connectivity index (χ0v) is 13.6. The van der Waals surface area contributed by atoms with Gasteiger partial charge in [0.2, 0.25) is 0 Å². The molecule has 1 N–H and O–H groups in total. The van der Waals surface area contributed by atoms with Crippen molar-refractivity contribution in [3.63, 3.8) is 0 Å². The van der Waals surface area contributed by atoms with Crippen LogP contribution in [0.5, 0.6) is 0 Å². The standard InChI is InChI=1S/C14H25N3O2S/c1-5-11-17(12-6-2)14-9-7-13(8-10-14)15-20(18,19)16(3)4/h7-10,15H,5-6,11-12H2,1-4H3. The predicted molar refractivity (Wildman–Crippen MR) is 85.5 cm³/mol. The summed E-state index contributed by atoms with van der Waals surface area (Å²) in [7, 11) is -0.433. The zero-order chi connectivity index (χ0) is 15.2. The van der Waals surface area contributed by atoms with Crippen molar-refractivity contribution >= 4 is 21.6 Å². The van der Waals surface area contributed by atoms with Crippen LogP contribution < -0.4 is 9.62 Å². The molecule has 20 heavy (non-hydrogen) atoms. The summed E-state index contributed by atoms with van der Waals surface area (Å²) in [6.07, 6.45) is 2.18. The molecule has 0 saturated carbocycles. The Morgan fingerprint density at radius 2 is 1.50 bits per heavy atom. The molecular weight excluding hydrogens is 274 g/mol. The molecule has 0 fully saturated rings. The van der Waals surface area contributed by atoms with Gasteiger partial charge in [-0.05, 0) is 37.1 Å². The molecule has 0 aromatic heterocycles. The number of nitrogens with one attached hydrogen (secondary N) is 1. The topological polar surface area (TPSA) is 52.7 Å². The summed E-state index contributed by atoms with van der Waals surface area (Å²) < 4.78 is 27.1. The summed E-state index contributed by atoms with van der Waals surface area (Å²) in [4.78, 5) is 2.31. The largest absolute Gasteiger partial charge is 0.372 e. The highest BCUT2D eigenvalue weighted by Crippen LogP contribution is 2.19. The summed E-state index contributed by atoms with van der Waals surface area (Å²) in [5.74, 6) is 0. The van der Waals surface area contributed by atoms with Crippen LogP contribution >= 0.6 is 0 Å². The quantitative estimate of drug-likeness (QED) is 0.802. The summed E-state index contributed by atoms with van der Waals surface area (Å²) in [6.45, 7) is 6.33. The number of anilines is 2. The van der Waals surface area contributed by atoms with E-state index in [4.69, 9.17) is 0 Å². The Morgan fingerprint density at radius 3 is 1.90 bits per heavy atom. The fourth-order valence-electron chi connectivity index (χ4n) is 1.89. The zero-order valence-electron chi connectivity index (χ0n) is 12.8. The molecule has 1 rings (SSSR count). The van der Waals surface area contributed by atoms with E-state index in [0.717, 1.165) is 35.9 Å². The smallest absolute Gasteiger partial charge is 0.301 e. The average Bonchev–Trinajstić information content (AvgIpc) is 2.39. The second-order valence-corrected chi connectivity index (χ2v) is 6.81. The molecule has 1 aromatic carbocycles. The van der Waals surface area contributed by atoms with Crippen LogP contribution in [0.2, 0.25) is 0 Å². The minimum absolute atomic E-state index is 0.579. The molecule has 0 saturated heterocycles. The van der Waals surface area contributed by atoms with E-state index in [2.05, 4.69) is 23.5 Å². The van der Waals surface area contributed by atoms with E-state index in [1.54, 1.807) is 12.1 Å². The van der Waals surface area contributed by atoms with Crippen LogP contribution in [0, 0.1) is 0 Å². The van der Waals surface area contributed by atoms with Gasteiger partial charge in [0, 0.05) is 38.6 Å². The first-order chi connectivity index (χ1) is 9.40. The molecular formula is C14H25N3O2S. The molecule has 0 aliphatic heterocycles. The monoisotopic (exact) mass is 299 g/mol. The molecule has 0 radical (unpaired) electrons. The molecule has 6 heteroatoms. The van der Waals surface area contributed by atoms with Crippen molar-refractivity contribution in [3.8, 4) is 0 Å². The molecule has 0 aliphatic rings. The van der Waals surface area contributed by atoms with Crippen molar-refractivity contribution in [2.24, 2.45) is 0 Å². The third kappa shape index (κ3) is 4.68. The Bertz CT molecular complexity index is 492. The van der Waals surface area contributed by atoms with Crippen LogP contribution in [0.3, 0.4) is 0 Å². The van der Waals surface area contributed by atoms with Gasteiger partial charge in [-0.15, -0.1) is 0 Å². The van der Waals surface area contributed by atoms with Crippen LogP contribution in [0.25, 0.3) is 0 Å². The van der Waals surface area contributed by atoms with E-state index in [9.17, 15) is 8.42 Å². The lowest BCUT2D eigenvalue weighted by Crippen LogP contribution is -2.29. The van der Waals surface area contributed by atoms with Crippen molar-refractivity contribution in [2.75, 3.05) is 36.8 Å². The van der Waals surface area contributed by atoms with Gasteiger partial charge in [0.25, 0.3) is 0 Å². The fourth-order valence-corrected chi connectivity index (χ4v) is 2.51. The summed E-state index contributed by atoms with van der Waals surface area (Å²) >= 11 is 0. The molecule has 0 amide bonds. The van der Waals surface area contributed by atoms with E-state index in [0.29, 0.717) is 5.69 Å². The molecule has 5 nitrogen and oxygen atoms in total. The van der Waals surface area contributed by atoms with Crippen molar-refractivity contribution in [1.29, 1.82) is 0 Å². The number of rotatable bonds is 8. The lowest BCUT2D eigenvalue weighted by Gasteiger charge is -2.24. The first-order valence-corrected chi connectivity index (χ1v) is 8.40. The molecule has 1 aromatic rings. The average molecular weight is 299 g/mol. The maximum Gasteiger partial charge on any atom is 0.301 e. The SMILES string of the molecule is CCCN(CCC)c1ccc(NS(=O)(=O)N(C)C)cc1. The summed E-state index contributed by atoms with van der Waals surface area (Å²) in [6, 6.07) is 7.51. The maximum absolute atomic E-state index is 11.7. The first kappa shape index (κ1) is 16.8. The van der Waals surface area contributed by atoms with Crippen LogP contribution in [0.15, 0.2) is 24.3 Å². The Kier molecular flexibility index (Phi) is 6.29. The lowest BCUT2D eigenvalue weighted by molar-refractivity contribution is 0.527. The molecule has 114 valence electrons. The molecule has 0 heterocycles. The van der Waals surface area contributed by atoms with Crippen molar-refractivity contribution < 1.29 is 8.42 Å². The second-order valence-electron chi connectivity index (χ2n) is 4.92. The summed E-state index contributed by atoms with van der Waals surface area (Å²) in [5.41, 5.74) is 1.71. The number of nitrogens with zero attached hydrogens (tertiary/aromatic N) is 2. The van der Waals surface area contributed by atoms with E-state index in [-0.39, 0.29) is 0 Å². The van der Waals surface area contributed by atoms with E-state index < -0.39 is 10.2 Å². The van der Waals surface area contributed by atoms with Gasteiger partial charge in [0.15, 0.2) is 0 Å². The fraction of sp³-hybridized carbons (Fsp3) is 0.571. The molecule has 0 aliphatic carbocycles. The minimum atomic E-state index is -3.44. The van der Waals surface area contributed by atoms with Gasteiger partial charge in [-0.25, -0.2) is 0 Å². The van der Waals surface area contributed by atoms with Gasteiger partial charge in [-0.1, -0.05) is 13.8 Å². The van der Waals surface area contributed by atoms with Gasteiger partial charge in [0.05, 0.1) is 0 Å². The Balaban J connectivity index is 2.82. The van der Waals surface area contributed by atoms with Crippen LogP contribution in [-0.2, 0) is 10.2 Å². The Labute approximate surface area is 122 Å². The van der Waals surface area contributed by atoms with Crippen LogP contribution in [0.4, 0.5) is 11.4 Å². The van der Waals surface area contributed by atoms with E-state index >= 15 is 0 Å². The van der Waals surface area contributed by atoms with Crippen molar-refractivity contribution in [3.05, 3.63) is 24.3 Å². The minimum Gasteiger partial charge on any atom is -0.372 e. The highest BCUT2D eigenvalue weighted by atomic mass is 32.2. The number of hydrogen-bond donors (Lipinski definition) is 1. The van der Waals surface area contributed by atoms with Gasteiger partial charge in [0.1, 0.15) is 0 Å². The predicted octanol–water partition coefficient (Wildman–Crippen LogP) is 2.53. The summed E-state index contributed by atoms with van der Waals surface area (Å²) in [5, 5.41) is 0. The second kappa shape index (κ2) is 7.50. The number of hydrogen-bond acceptors (Lipinski definition) is 3. The Hall–Kier alpha value is -1.27.